The number of benzene rings is 1. The molecule has 1 rings (SSSR count). The summed E-state index contributed by atoms with van der Waals surface area (Å²) in [6.45, 7) is -0.265. The molecule has 1 aromatic carbocycles. The molecule has 0 saturated heterocycles. The third-order valence-corrected chi connectivity index (χ3v) is 4.06. The Morgan fingerprint density at radius 1 is 1.08 bits per heavy atom. The maximum atomic E-state index is 12.0. The van der Waals surface area contributed by atoms with Gasteiger partial charge in [-0.1, -0.05) is 31.7 Å². The predicted molar refractivity (Wildman–Crippen MR) is 96.1 cm³/mol. The molecule has 0 spiro atoms. The van der Waals surface area contributed by atoms with E-state index in [9.17, 15) is 19.8 Å². The number of esters is 1. The van der Waals surface area contributed by atoms with Crippen LogP contribution in [0.1, 0.15) is 56.1 Å². The number of ether oxygens (including phenoxy) is 1. The molecule has 3 N–H and O–H groups in total. The number of methoxy groups -OCH3 is 1. The second kappa shape index (κ2) is 12.4. The Morgan fingerprint density at radius 2 is 1.68 bits per heavy atom. The third-order valence-electron chi connectivity index (χ3n) is 4.06. The van der Waals surface area contributed by atoms with Crippen molar-refractivity contribution in [3.05, 3.63) is 29.3 Å². The van der Waals surface area contributed by atoms with Gasteiger partial charge >= 0.3 is 5.97 Å². The molecule has 0 aliphatic heterocycles. The summed E-state index contributed by atoms with van der Waals surface area (Å²) in [6, 6.07) is 4.77. The Morgan fingerprint density at radius 3 is 2.24 bits per heavy atom. The Kier molecular flexibility index (Phi) is 10.5. The number of unbranched alkanes of at least 4 members (excludes halogenated alkanes) is 5. The van der Waals surface area contributed by atoms with Crippen molar-refractivity contribution in [1.29, 1.82) is 0 Å². The molecule has 140 valence electrons. The van der Waals surface area contributed by atoms with Crippen molar-refractivity contribution in [2.75, 3.05) is 12.4 Å². The minimum atomic E-state index is -0.472. The Labute approximate surface area is 149 Å². The van der Waals surface area contributed by atoms with Crippen LogP contribution in [0.3, 0.4) is 0 Å². The highest BCUT2D eigenvalue weighted by Crippen LogP contribution is 2.19. The number of hydrogen-bond acceptors (Lipinski definition) is 6. The van der Waals surface area contributed by atoms with Gasteiger partial charge < -0.3 is 25.1 Å². The maximum absolute atomic E-state index is 12.0. The third kappa shape index (κ3) is 8.14. The summed E-state index contributed by atoms with van der Waals surface area (Å²) in [4.78, 5) is 22.3. The molecular formula is C19H29NO5. The van der Waals surface area contributed by atoms with E-state index < -0.39 is 6.04 Å². The molecule has 25 heavy (non-hydrogen) atoms. The molecule has 0 radical (unpaired) electrons. The van der Waals surface area contributed by atoms with Gasteiger partial charge in [-0.3, -0.25) is 0 Å². The van der Waals surface area contributed by atoms with Crippen LogP contribution in [0.25, 0.3) is 0 Å². The lowest BCUT2D eigenvalue weighted by Crippen LogP contribution is -2.30. The Bertz CT molecular complexity index is 510. The van der Waals surface area contributed by atoms with Gasteiger partial charge in [-0.05, 0) is 36.1 Å². The summed E-state index contributed by atoms with van der Waals surface area (Å²) in [5.41, 5.74) is 2.03. The fraction of sp³-hybridized carbons (Fsp3) is 0.579. The summed E-state index contributed by atoms with van der Waals surface area (Å²) >= 11 is 0. The first kappa shape index (κ1) is 21.1. The normalized spacial score (nSPS) is 11.8. The van der Waals surface area contributed by atoms with Crippen LogP contribution in [0.4, 0.5) is 5.69 Å². The van der Waals surface area contributed by atoms with E-state index in [1.807, 2.05) is 0 Å². The quantitative estimate of drug-likeness (QED) is 0.287. The summed E-state index contributed by atoms with van der Waals surface area (Å²) < 4.78 is 4.87. The molecule has 6 heteroatoms. The van der Waals surface area contributed by atoms with Crippen LogP contribution in [0.15, 0.2) is 18.2 Å². The van der Waals surface area contributed by atoms with E-state index in [1.165, 1.54) is 7.11 Å². The molecule has 0 amide bonds. The lowest BCUT2D eigenvalue weighted by atomic mass is 10.0. The van der Waals surface area contributed by atoms with Crippen molar-refractivity contribution in [2.24, 2.45) is 0 Å². The van der Waals surface area contributed by atoms with E-state index in [1.54, 1.807) is 18.2 Å². The van der Waals surface area contributed by atoms with Crippen molar-refractivity contribution in [3.63, 3.8) is 0 Å². The van der Waals surface area contributed by atoms with Crippen LogP contribution < -0.4 is 5.32 Å². The van der Waals surface area contributed by atoms with Gasteiger partial charge in [0.2, 0.25) is 0 Å². The number of carbonyl (C=O) groups excluding carboxylic acids is 2. The predicted octanol–water partition coefficient (Wildman–Crippen LogP) is 2.55. The van der Waals surface area contributed by atoms with E-state index in [0.717, 1.165) is 38.4 Å². The van der Waals surface area contributed by atoms with Crippen molar-refractivity contribution in [3.8, 4) is 0 Å². The van der Waals surface area contributed by atoms with Crippen LogP contribution in [-0.4, -0.2) is 35.6 Å². The number of nitrogens with one attached hydrogen (secondary N) is 1. The number of hydrogen-bond donors (Lipinski definition) is 3. The molecule has 0 aliphatic carbocycles. The SMILES string of the molecule is COC(=O)C(CCCCCCCC=O)Nc1cc(CO)cc(CO)c1. The molecule has 1 unspecified atom stereocenters. The highest BCUT2D eigenvalue weighted by Gasteiger charge is 2.19. The Balaban J connectivity index is 2.58. The van der Waals surface area contributed by atoms with Gasteiger partial charge in [0.1, 0.15) is 12.3 Å². The van der Waals surface area contributed by atoms with Crippen molar-refractivity contribution in [2.45, 2.75) is 64.2 Å². The standard InChI is InChI=1S/C19H29NO5/c1-25-19(24)18(8-6-4-2-3-5-7-9-21)20-17-11-15(13-22)10-16(12-17)14-23/h9-12,18,20,22-23H,2-8,13-14H2,1H3. The van der Waals surface area contributed by atoms with E-state index in [2.05, 4.69) is 5.32 Å². The first-order chi connectivity index (χ1) is 12.1. The van der Waals surface area contributed by atoms with Gasteiger partial charge in [-0.25, -0.2) is 4.79 Å². The van der Waals surface area contributed by atoms with Crippen LogP contribution >= 0.6 is 0 Å². The highest BCUT2D eigenvalue weighted by molar-refractivity contribution is 5.79. The molecule has 0 heterocycles. The fourth-order valence-electron chi connectivity index (χ4n) is 2.73. The molecule has 0 bridgehead atoms. The van der Waals surface area contributed by atoms with Crippen LogP contribution in [0.2, 0.25) is 0 Å². The number of rotatable bonds is 13. The van der Waals surface area contributed by atoms with Crippen LogP contribution in [-0.2, 0) is 27.5 Å². The molecule has 0 aliphatic rings. The first-order valence-corrected chi connectivity index (χ1v) is 8.77. The molecule has 6 nitrogen and oxygen atoms in total. The van der Waals surface area contributed by atoms with Crippen molar-refractivity contribution >= 4 is 17.9 Å². The average molecular weight is 351 g/mol. The van der Waals surface area contributed by atoms with E-state index >= 15 is 0 Å². The van der Waals surface area contributed by atoms with Gasteiger partial charge in [0, 0.05) is 12.1 Å². The second-order valence-electron chi connectivity index (χ2n) is 6.09. The molecule has 0 fully saturated rings. The fourth-order valence-corrected chi connectivity index (χ4v) is 2.73. The smallest absolute Gasteiger partial charge is 0.328 e. The number of aliphatic hydroxyl groups is 2. The number of aldehydes is 1. The lowest BCUT2D eigenvalue weighted by Gasteiger charge is -2.19. The van der Waals surface area contributed by atoms with Gasteiger partial charge in [0.05, 0.1) is 20.3 Å². The largest absolute Gasteiger partial charge is 0.467 e. The van der Waals surface area contributed by atoms with Crippen molar-refractivity contribution < 1.29 is 24.5 Å². The van der Waals surface area contributed by atoms with E-state index in [0.29, 0.717) is 29.7 Å². The molecule has 1 aromatic rings. The number of carbonyl (C=O) groups is 2. The highest BCUT2D eigenvalue weighted by atomic mass is 16.5. The molecular weight excluding hydrogens is 322 g/mol. The van der Waals surface area contributed by atoms with Gasteiger partial charge in [0.15, 0.2) is 0 Å². The zero-order valence-corrected chi connectivity index (χ0v) is 14.9. The summed E-state index contributed by atoms with van der Waals surface area (Å²) in [7, 11) is 1.36. The molecule has 1 atom stereocenters. The Hall–Kier alpha value is -1.92. The summed E-state index contributed by atoms with van der Waals surface area (Å²) in [6.07, 6.45) is 7.04. The molecule has 0 saturated carbocycles. The topological polar surface area (TPSA) is 95.9 Å². The minimum Gasteiger partial charge on any atom is -0.467 e. The van der Waals surface area contributed by atoms with Gasteiger partial charge in [-0.15, -0.1) is 0 Å². The maximum Gasteiger partial charge on any atom is 0.328 e. The minimum absolute atomic E-state index is 0.133. The number of aliphatic hydroxyl groups excluding tert-OH is 2. The lowest BCUT2D eigenvalue weighted by molar-refractivity contribution is -0.141. The van der Waals surface area contributed by atoms with Gasteiger partial charge in [0.25, 0.3) is 0 Å². The zero-order valence-electron chi connectivity index (χ0n) is 14.9. The second-order valence-corrected chi connectivity index (χ2v) is 6.09. The first-order valence-electron chi connectivity index (χ1n) is 8.77. The van der Waals surface area contributed by atoms with Crippen LogP contribution in [0.5, 0.6) is 0 Å². The van der Waals surface area contributed by atoms with Gasteiger partial charge in [-0.2, -0.15) is 0 Å². The molecule has 0 aromatic heterocycles. The number of anilines is 1. The average Bonchev–Trinajstić information content (AvgIpc) is 2.65. The monoisotopic (exact) mass is 351 g/mol. The van der Waals surface area contributed by atoms with Crippen molar-refractivity contribution in [1.82, 2.24) is 0 Å². The summed E-state index contributed by atoms with van der Waals surface area (Å²) in [5.74, 6) is -0.332. The summed E-state index contributed by atoms with van der Waals surface area (Å²) in [5, 5.41) is 21.8. The zero-order chi connectivity index (χ0) is 18.5. The van der Waals surface area contributed by atoms with E-state index in [-0.39, 0.29) is 19.2 Å². The van der Waals surface area contributed by atoms with Crippen LogP contribution in [0, 0.1) is 0 Å². The van der Waals surface area contributed by atoms with E-state index in [4.69, 9.17) is 4.74 Å².